The molecule has 2 aromatic carbocycles. The Morgan fingerprint density at radius 3 is 2.08 bits per heavy atom. The van der Waals surface area contributed by atoms with Gasteiger partial charge in [-0.15, -0.1) is 0 Å². The van der Waals surface area contributed by atoms with Crippen LogP contribution in [0.15, 0.2) is 35.5 Å². The second-order valence-electron chi connectivity index (χ2n) is 6.00. The van der Waals surface area contributed by atoms with Gasteiger partial charge >= 0.3 is 0 Å². The first-order chi connectivity index (χ1) is 11.6. The van der Waals surface area contributed by atoms with Crippen LogP contribution in [-0.2, 0) is 9.57 Å². The third-order valence-electron chi connectivity index (χ3n) is 4.84. The van der Waals surface area contributed by atoms with Crippen LogP contribution in [0.5, 0.6) is 0 Å². The molecule has 3 aliphatic rings. The van der Waals surface area contributed by atoms with Crippen LogP contribution in [0.2, 0.25) is 0 Å². The summed E-state index contributed by atoms with van der Waals surface area (Å²) in [5, 5.41) is 4.02. The summed E-state index contributed by atoms with van der Waals surface area (Å²) in [6.45, 7) is 0. The molecular weight excluding hydrogens is 326 g/mol. The van der Waals surface area contributed by atoms with E-state index >= 15 is 0 Å². The number of rotatable bonds is 1. The van der Waals surface area contributed by atoms with Crippen molar-refractivity contribution in [2.24, 2.45) is 11.1 Å². The van der Waals surface area contributed by atoms with Gasteiger partial charge in [0.25, 0.3) is 0 Å². The van der Waals surface area contributed by atoms with Gasteiger partial charge in [0, 0.05) is 11.1 Å². The molecule has 24 heavy (non-hydrogen) atoms. The average Bonchev–Trinajstić information content (AvgIpc) is 3.28. The average molecular weight is 335 g/mol. The van der Waals surface area contributed by atoms with Crippen molar-refractivity contribution in [3.05, 3.63) is 70.3 Å². The van der Waals surface area contributed by atoms with E-state index in [1.54, 1.807) is 12.1 Å². The molecular formula is C17H9F4NO2. The zero-order valence-corrected chi connectivity index (χ0v) is 12.0. The van der Waals surface area contributed by atoms with Crippen molar-refractivity contribution in [2.75, 3.05) is 0 Å². The van der Waals surface area contributed by atoms with E-state index in [-0.39, 0.29) is 11.1 Å². The number of hydrogen-bond donors (Lipinski definition) is 0. The Labute approximate surface area is 133 Å². The second-order valence-corrected chi connectivity index (χ2v) is 6.00. The lowest BCUT2D eigenvalue weighted by Crippen LogP contribution is -2.31. The van der Waals surface area contributed by atoms with Gasteiger partial charge in [-0.3, -0.25) is 0 Å². The second kappa shape index (κ2) is 4.57. The predicted octanol–water partition coefficient (Wildman–Crippen LogP) is 3.79. The zero-order valence-electron chi connectivity index (χ0n) is 12.0. The van der Waals surface area contributed by atoms with Gasteiger partial charge in [0.05, 0.1) is 17.7 Å². The smallest absolute Gasteiger partial charge is 0.197 e. The zero-order chi connectivity index (χ0) is 16.6. The largest absolute Gasteiger partial charge is 0.388 e. The number of nitrogens with zero attached hydrogens (tertiary/aromatic N) is 1. The molecule has 3 aliphatic heterocycles. The number of oxime groups is 1. The van der Waals surface area contributed by atoms with E-state index in [1.165, 1.54) is 0 Å². The Morgan fingerprint density at radius 1 is 0.792 bits per heavy atom. The van der Waals surface area contributed by atoms with Crippen molar-refractivity contribution < 1.29 is 27.1 Å². The summed E-state index contributed by atoms with van der Waals surface area (Å²) in [4.78, 5) is 5.36. The molecule has 3 nitrogen and oxygen atoms in total. The van der Waals surface area contributed by atoms with Crippen LogP contribution < -0.4 is 0 Å². The lowest BCUT2D eigenvalue weighted by molar-refractivity contribution is -0.00727. The Morgan fingerprint density at radius 2 is 1.42 bits per heavy atom. The van der Waals surface area contributed by atoms with Gasteiger partial charge in [-0.2, -0.15) is 0 Å². The molecule has 2 bridgehead atoms. The SMILES string of the molecule is Fc1c(F)c(F)c2c(c1F)C1OC2C2C(c3ccccc3)=NOC12. The van der Waals surface area contributed by atoms with Gasteiger partial charge < -0.3 is 9.57 Å². The maximum absolute atomic E-state index is 14.2. The lowest BCUT2D eigenvalue weighted by Gasteiger charge is -2.23. The van der Waals surface area contributed by atoms with Gasteiger partial charge in [-0.05, 0) is 5.56 Å². The van der Waals surface area contributed by atoms with E-state index in [9.17, 15) is 17.6 Å². The van der Waals surface area contributed by atoms with Crippen LogP contribution in [0.4, 0.5) is 17.6 Å². The Kier molecular flexibility index (Phi) is 2.66. The highest BCUT2D eigenvalue weighted by Crippen LogP contribution is 2.59. The van der Waals surface area contributed by atoms with Crippen molar-refractivity contribution >= 4 is 5.71 Å². The molecule has 5 rings (SSSR count). The van der Waals surface area contributed by atoms with E-state index < -0.39 is 47.5 Å². The van der Waals surface area contributed by atoms with Gasteiger partial charge in [0.1, 0.15) is 6.10 Å². The first-order valence-electron chi connectivity index (χ1n) is 7.40. The quantitative estimate of drug-likeness (QED) is 0.451. The monoisotopic (exact) mass is 335 g/mol. The third-order valence-corrected chi connectivity index (χ3v) is 4.84. The normalized spacial score (nSPS) is 29.2. The van der Waals surface area contributed by atoms with Crippen LogP contribution >= 0.6 is 0 Å². The summed E-state index contributed by atoms with van der Waals surface area (Å²) < 4.78 is 61.2. The first-order valence-corrected chi connectivity index (χ1v) is 7.40. The van der Waals surface area contributed by atoms with Crippen molar-refractivity contribution in [2.45, 2.75) is 18.3 Å². The molecule has 2 aromatic rings. The highest BCUT2D eigenvalue weighted by atomic mass is 19.2. The Balaban J connectivity index is 1.66. The molecule has 0 radical (unpaired) electrons. The van der Waals surface area contributed by atoms with Crippen LogP contribution in [-0.4, -0.2) is 11.8 Å². The molecule has 7 heteroatoms. The standard InChI is InChI=1S/C17H9F4NO2/c18-10-7-8(11(19)13(21)12(10)20)16-17-9(15(7)23-16)14(22-24-17)6-4-2-1-3-5-6/h1-5,9,15-17H. The van der Waals surface area contributed by atoms with Crippen LogP contribution in [0.25, 0.3) is 0 Å². The van der Waals surface area contributed by atoms with Crippen LogP contribution in [0.1, 0.15) is 28.9 Å². The predicted molar refractivity (Wildman–Crippen MR) is 74.2 cm³/mol. The molecule has 3 heterocycles. The Bertz CT molecular complexity index is 899. The van der Waals surface area contributed by atoms with Crippen molar-refractivity contribution in [1.82, 2.24) is 0 Å². The topological polar surface area (TPSA) is 30.8 Å². The van der Waals surface area contributed by atoms with E-state index in [1.807, 2.05) is 18.2 Å². The first kappa shape index (κ1) is 14.0. The summed E-state index contributed by atoms with van der Waals surface area (Å²) in [7, 11) is 0. The molecule has 0 N–H and O–H groups in total. The molecule has 1 fully saturated rings. The van der Waals surface area contributed by atoms with Gasteiger partial charge in [0.2, 0.25) is 0 Å². The minimum Gasteiger partial charge on any atom is -0.388 e. The van der Waals surface area contributed by atoms with Crippen LogP contribution in [0.3, 0.4) is 0 Å². The highest BCUT2D eigenvalue weighted by molar-refractivity contribution is 6.04. The molecule has 0 amide bonds. The molecule has 0 aromatic heterocycles. The third kappa shape index (κ3) is 1.53. The van der Waals surface area contributed by atoms with Crippen molar-refractivity contribution in [3.63, 3.8) is 0 Å². The van der Waals surface area contributed by atoms with E-state index in [0.717, 1.165) is 5.56 Å². The van der Waals surface area contributed by atoms with Gasteiger partial charge in [-0.1, -0.05) is 35.5 Å². The number of hydrogen-bond acceptors (Lipinski definition) is 3. The van der Waals surface area contributed by atoms with Gasteiger partial charge in [-0.25, -0.2) is 17.6 Å². The van der Waals surface area contributed by atoms with E-state index in [4.69, 9.17) is 9.57 Å². The van der Waals surface area contributed by atoms with Gasteiger partial charge in [0.15, 0.2) is 29.4 Å². The highest BCUT2D eigenvalue weighted by Gasteiger charge is 2.61. The van der Waals surface area contributed by atoms with E-state index in [2.05, 4.69) is 5.16 Å². The molecule has 0 aliphatic carbocycles. The number of fused-ring (bicyclic) bond motifs is 8. The fourth-order valence-electron chi connectivity index (χ4n) is 3.83. The lowest BCUT2D eigenvalue weighted by atomic mass is 9.77. The maximum atomic E-state index is 14.2. The summed E-state index contributed by atoms with van der Waals surface area (Å²) in [5.74, 6) is -6.98. The summed E-state index contributed by atoms with van der Waals surface area (Å²) in [5.41, 5.74) is 0.711. The minimum absolute atomic E-state index is 0.271. The maximum Gasteiger partial charge on any atom is 0.197 e. The summed E-state index contributed by atoms with van der Waals surface area (Å²) >= 11 is 0. The van der Waals surface area contributed by atoms with Crippen LogP contribution in [0, 0.1) is 29.2 Å². The summed E-state index contributed by atoms with van der Waals surface area (Å²) in [6.07, 6.45) is -2.65. The molecule has 122 valence electrons. The fraction of sp³-hybridized carbons (Fsp3) is 0.235. The number of halogens is 4. The van der Waals surface area contributed by atoms with E-state index in [0.29, 0.717) is 5.71 Å². The molecule has 0 spiro atoms. The molecule has 4 atom stereocenters. The summed E-state index contributed by atoms with van der Waals surface area (Å²) in [6, 6.07) is 9.06. The number of benzene rings is 2. The van der Waals surface area contributed by atoms with Crippen molar-refractivity contribution in [3.8, 4) is 0 Å². The Hall–Kier alpha value is -2.41. The molecule has 0 saturated carbocycles. The molecule has 4 unspecified atom stereocenters. The fourth-order valence-corrected chi connectivity index (χ4v) is 3.83. The molecule has 1 saturated heterocycles. The van der Waals surface area contributed by atoms with Crippen molar-refractivity contribution in [1.29, 1.82) is 0 Å². The number of ether oxygens (including phenoxy) is 1. The minimum atomic E-state index is -1.83.